The fourth-order valence-corrected chi connectivity index (χ4v) is 3.81. The van der Waals surface area contributed by atoms with Gasteiger partial charge >= 0.3 is 0 Å². The molecule has 0 aliphatic carbocycles. The molecule has 0 fully saturated rings. The Labute approximate surface area is 125 Å². The van der Waals surface area contributed by atoms with E-state index in [4.69, 9.17) is 17.3 Å². The Kier molecular flexibility index (Phi) is 3.44. The smallest absolute Gasteiger partial charge is 0.248 e. The van der Waals surface area contributed by atoms with Gasteiger partial charge in [-0.1, -0.05) is 17.8 Å². The minimum atomic E-state index is -0.477. The number of carbonyl (C=O) groups excluding carboxylic acids is 1. The van der Waals surface area contributed by atoms with E-state index in [1.807, 2.05) is 6.07 Å². The lowest BCUT2D eigenvalue weighted by atomic mass is 10.0. The molecule has 1 unspecified atom stereocenters. The van der Waals surface area contributed by atoms with E-state index < -0.39 is 5.91 Å². The summed E-state index contributed by atoms with van der Waals surface area (Å²) in [4.78, 5) is 13.1. The minimum Gasteiger partial charge on any atom is -0.366 e. The predicted molar refractivity (Wildman–Crippen MR) is 77.8 cm³/mol. The molecule has 2 aromatic rings. The molecule has 1 heterocycles. The van der Waals surface area contributed by atoms with Crippen LogP contribution in [0.25, 0.3) is 0 Å². The Morgan fingerprint density at radius 1 is 1.25 bits per heavy atom. The summed E-state index contributed by atoms with van der Waals surface area (Å²) in [6, 6.07) is 9.92. The number of halogens is 2. The first-order valence-electron chi connectivity index (χ1n) is 6.08. The van der Waals surface area contributed by atoms with Crippen LogP contribution in [0.15, 0.2) is 46.2 Å². The zero-order valence-corrected chi connectivity index (χ0v) is 12.0. The van der Waals surface area contributed by atoms with Crippen molar-refractivity contribution in [3.8, 4) is 0 Å². The summed E-state index contributed by atoms with van der Waals surface area (Å²) < 4.78 is 13.4. The molecule has 1 aliphatic heterocycles. The van der Waals surface area contributed by atoms with E-state index in [2.05, 4.69) is 0 Å². The highest BCUT2D eigenvalue weighted by molar-refractivity contribution is 7.99. The van der Waals surface area contributed by atoms with E-state index >= 15 is 0 Å². The fraction of sp³-hybridized carbons (Fsp3) is 0.133. The summed E-state index contributed by atoms with van der Waals surface area (Å²) in [5.41, 5.74) is 7.61. The molecule has 0 bridgehead atoms. The molecule has 1 atom stereocenters. The summed E-state index contributed by atoms with van der Waals surface area (Å²) in [7, 11) is 0. The van der Waals surface area contributed by atoms with Gasteiger partial charge in [-0.15, -0.1) is 11.6 Å². The second kappa shape index (κ2) is 5.11. The molecule has 5 heteroatoms. The third kappa shape index (κ3) is 2.41. The molecule has 1 amide bonds. The highest BCUT2D eigenvalue weighted by atomic mass is 35.5. The number of alkyl halides is 1. The maximum atomic E-state index is 13.4. The van der Waals surface area contributed by atoms with Crippen molar-refractivity contribution in [2.24, 2.45) is 5.73 Å². The van der Waals surface area contributed by atoms with Gasteiger partial charge in [0, 0.05) is 15.4 Å². The van der Waals surface area contributed by atoms with Crippen molar-refractivity contribution in [1.82, 2.24) is 0 Å². The number of nitrogens with two attached hydrogens (primary N) is 1. The van der Waals surface area contributed by atoms with Gasteiger partial charge in [0.25, 0.3) is 0 Å². The summed E-state index contributed by atoms with van der Waals surface area (Å²) in [6.07, 6.45) is 0.597. The normalized spacial score (nSPS) is 17.0. The third-order valence-electron chi connectivity index (χ3n) is 3.28. The number of benzene rings is 2. The molecular weight excluding hydrogens is 297 g/mol. The first kappa shape index (κ1) is 13.5. The van der Waals surface area contributed by atoms with Crippen LogP contribution in [-0.2, 0) is 6.42 Å². The van der Waals surface area contributed by atoms with Crippen molar-refractivity contribution >= 4 is 29.3 Å². The number of hydrogen-bond acceptors (Lipinski definition) is 2. The summed E-state index contributed by atoms with van der Waals surface area (Å²) >= 11 is 7.90. The van der Waals surface area contributed by atoms with Gasteiger partial charge in [-0.2, -0.15) is 0 Å². The highest BCUT2D eigenvalue weighted by Crippen LogP contribution is 2.43. The molecule has 2 N–H and O–H groups in total. The predicted octanol–water partition coefficient (Wildman–Crippen LogP) is 3.91. The molecule has 20 heavy (non-hydrogen) atoms. The van der Waals surface area contributed by atoms with Crippen molar-refractivity contribution in [3.63, 3.8) is 0 Å². The van der Waals surface area contributed by atoms with Crippen LogP contribution in [0.1, 0.15) is 26.9 Å². The number of rotatable bonds is 1. The van der Waals surface area contributed by atoms with Crippen LogP contribution in [0.3, 0.4) is 0 Å². The van der Waals surface area contributed by atoms with Gasteiger partial charge in [0.05, 0.1) is 5.38 Å². The van der Waals surface area contributed by atoms with E-state index in [0.29, 0.717) is 12.0 Å². The third-order valence-corrected chi connectivity index (χ3v) is 4.86. The molecule has 0 saturated heterocycles. The molecule has 3 rings (SSSR count). The Hall–Kier alpha value is -1.52. The fourth-order valence-electron chi connectivity index (χ4n) is 2.25. The molecule has 2 nitrogen and oxygen atoms in total. The average Bonchev–Trinajstić information content (AvgIpc) is 2.54. The van der Waals surface area contributed by atoms with E-state index in [9.17, 15) is 9.18 Å². The summed E-state index contributed by atoms with van der Waals surface area (Å²) in [5.74, 6) is -0.742. The molecule has 1 aliphatic rings. The van der Waals surface area contributed by atoms with Crippen LogP contribution in [0.4, 0.5) is 4.39 Å². The maximum absolute atomic E-state index is 13.4. The zero-order valence-electron chi connectivity index (χ0n) is 10.4. The molecule has 0 radical (unpaired) electrons. The Morgan fingerprint density at radius 3 is 2.80 bits per heavy atom. The molecular formula is C15H11ClFNOS. The molecule has 0 aromatic heterocycles. The Bertz CT molecular complexity index is 704. The van der Waals surface area contributed by atoms with Crippen LogP contribution in [0.2, 0.25) is 0 Å². The number of carbonyl (C=O) groups is 1. The second-order valence-corrected chi connectivity index (χ2v) is 6.25. The highest BCUT2D eigenvalue weighted by Gasteiger charge is 2.22. The number of fused-ring (bicyclic) bond motifs is 2. The van der Waals surface area contributed by atoms with Gasteiger partial charge in [-0.05, 0) is 47.9 Å². The maximum Gasteiger partial charge on any atom is 0.248 e. The van der Waals surface area contributed by atoms with Gasteiger partial charge in [0.2, 0.25) is 5.91 Å². The van der Waals surface area contributed by atoms with E-state index in [0.717, 1.165) is 20.9 Å². The molecule has 102 valence electrons. The van der Waals surface area contributed by atoms with Gasteiger partial charge in [0.15, 0.2) is 0 Å². The number of hydrogen-bond donors (Lipinski definition) is 1. The second-order valence-electron chi connectivity index (χ2n) is 4.64. The Balaban J connectivity index is 2.11. The zero-order chi connectivity index (χ0) is 14.3. The lowest BCUT2D eigenvalue weighted by molar-refractivity contribution is 0.1000. The number of amides is 1. The average molecular weight is 308 g/mol. The molecule has 0 saturated carbocycles. The number of primary amides is 1. The van der Waals surface area contributed by atoms with Gasteiger partial charge in [0.1, 0.15) is 5.82 Å². The Morgan fingerprint density at radius 2 is 2.05 bits per heavy atom. The van der Waals surface area contributed by atoms with Gasteiger partial charge in [-0.3, -0.25) is 4.79 Å². The van der Waals surface area contributed by atoms with Crippen LogP contribution in [0, 0.1) is 5.82 Å². The molecule has 2 aromatic carbocycles. The topological polar surface area (TPSA) is 43.1 Å². The monoisotopic (exact) mass is 307 g/mol. The van der Waals surface area contributed by atoms with Gasteiger partial charge < -0.3 is 5.73 Å². The van der Waals surface area contributed by atoms with E-state index in [-0.39, 0.29) is 11.2 Å². The van der Waals surface area contributed by atoms with Crippen LogP contribution < -0.4 is 5.73 Å². The quantitative estimate of drug-likeness (QED) is 0.812. The van der Waals surface area contributed by atoms with Crippen molar-refractivity contribution < 1.29 is 9.18 Å². The van der Waals surface area contributed by atoms with E-state index in [1.54, 1.807) is 18.2 Å². The lowest BCUT2D eigenvalue weighted by Gasteiger charge is -2.11. The largest absolute Gasteiger partial charge is 0.366 e. The van der Waals surface area contributed by atoms with Crippen LogP contribution in [-0.4, -0.2) is 5.91 Å². The first-order valence-corrected chi connectivity index (χ1v) is 7.34. The lowest BCUT2D eigenvalue weighted by Crippen LogP contribution is -2.11. The standard InChI is InChI=1S/C15H11ClFNOS/c16-12-6-8-1-3-10(17)7-14(8)20-13-4-2-9(15(18)19)5-11(12)13/h1-5,7,12H,6H2,(H2,18,19). The van der Waals surface area contributed by atoms with Crippen molar-refractivity contribution in [2.45, 2.75) is 21.6 Å². The van der Waals surface area contributed by atoms with Crippen molar-refractivity contribution in [3.05, 3.63) is 58.9 Å². The van der Waals surface area contributed by atoms with Gasteiger partial charge in [-0.25, -0.2) is 4.39 Å². The van der Waals surface area contributed by atoms with Crippen LogP contribution >= 0.6 is 23.4 Å². The van der Waals surface area contributed by atoms with Crippen molar-refractivity contribution in [2.75, 3.05) is 0 Å². The van der Waals surface area contributed by atoms with Crippen molar-refractivity contribution in [1.29, 1.82) is 0 Å². The van der Waals surface area contributed by atoms with E-state index in [1.165, 1.54) is 23.9 Å². The molecule has 0 spiro atoms. The first-order chi connectivity index (χ1) is 9.54. The SMILES string of the molecule is NC(=O)c1ccc2c(c1)C(Cl)Cc1ccc(F)cc1S2. The minimum absolute atomic E-state index is 0.261. The summed E-state index contributed by atoms with van der Waals surface area (Å²) in [6.45, 7) is 0. The van der Waals surface area contributed by atoms with Crippen LogP contribution in [0.5, 0.6) is 0 Å². The summed E-state index contributed by atoms with van der Waals surface area (Å²) in [5, 5.41) is -0.261.